The highest BCUT2D eigenvalue weighted by atomic mass is 32.1. The third-order valence-electron chi connectivity index (χ3n) is 4.78. The largest absolute Gasteiger partial charge is 0.366 e. The number of hydrogen-bond acceptors (Lipinski definition) is 4. The predicted octanol–water partition coefficient (Wildman–Crippen LogP) is 2.89. The Morgan fingerprint density at radius 2 is 1.92 bits per heavy atom. The summed E-state index contributed by atoms with van der Waals surface area (Å²) in [4.78, 5) is 28.9. The van der Waals surface area contributed by atoms with Crippen LogP contribution in [0.2, 0.25) is 0 Å². The third-order valence-corrected chi connectivity index (χ3v) is 6.00. The van der Waals surface area contributed by atoms with Gasteiger partial charge in [-0.1, -0.05) is 36.8 Å². The molecule has 1 aliphatic rings. The molecule has 2 heterocycles. The van der Waals surface area contributed by atoms with Crippen LogP contribution in [0, 0.1) is 6.92 Å². The first-order valence-corrected chi connectivity index (χ1v) is 9.52. The van der Waals surface area contributed by atoms with E-state index in [9.17, 15) is 9.59 Å². The van der Waals surface area contributed by atoms with E-state index in [-0.39, 0.29) is 12.2 Å². The van der Waals surface area contributed by atoms with Crippen molar-refractivity contribution in [1.82, 2.24) is 4.90 Å². The highest BCUT2D eigenvalue weighted by Crippen LogP contribution is 2.33. The summed E-state index contributed by atoms with van der Waals surface area (Å²) < 4.78 is 0. The van der Waals surface area contributed by atoms with Gasteiger partial charge < -0.3 is 5.73 Å². The van der Waals surface area contributed by atoms with Gasteiger partial charge in [0.25, 0.3) is 0 Å². The van der Waals surface area contributed by atoms with Crippen molar-refractivity contribution in [2.45, 2.75) is 39.7 Å². The number of likely N-dealkylation sites (N-methyl/N-ethyl adjacent to an activating group) is 1. The number of aryl methyl sites for hydroxylation is 1. The van der Waals surface area contributed by atoms with Gasteiger partial charge in [0.1, 0.15) is 5.78 Å². The summed E-state index contributed by atoms with van der Waals surface area (Å²) in [7, 11) is 0. The first-order chi connectivity index (χ1) is 12.0. The maximum Gasteiger partial charge on any atom is 0.250 e. The molecule has 1 aromatic carbocycles. The van der Waals surface area contributed by atoms with Gasteiger partial charge in [-0.15, -0.1) is 11.3 Å². The molecule has 132 valence electrons. The SMILES string of the molecule is CCN1CCc2c(sc(CC(=O)Cc3ccc(C)cc3)c2C(N)=O)C1. The lowest BCUT2D eigenvalue weighted by Crippen LogP contribution is -2.30. The standard InChI is InChI=1S/C20H24N2O2S/c1-3-22-9-8-16-18(12-22)25-17(19(16)20(21)24)11-15(23)10-14-6-4-13(2)5-7-14/h4-7H,3,8-12H2,1-2H3,(H2,21,24). The van der Waals surface area contributed by atoms with Crippen LogP contribution in [0.3, 0.4) is 0 Å². The van der Waals surface area contributed by atoms with Crippen LogP contribution in [-0.4, -0.2) is 29.7 Å². The topological polar surface area (TPSA) is 63.4 Å². The van der Waals surface area contributed by atoms with Crippen molar-refractivity contribution in [3.63, 3.8) is 0 Å². The van der Waals surface area contributed by atoms with Crippen molar-refractivity contribution in [3.05, 3.63) is 56.3 Å². The van der Waals surface area contributed by atoms with Crippen molar-refractivity contribution >= 4 is 23.0 Å². The number of fused-ring (bicyclic) bond motifs is 1. The smallest absolute Gasteiger partial charge is 0.250 e. The van der Waals surface area contributed by atoms with E-state index in [0.717, 1.165) is 42.1 Å². The number of thiophene rings is 1. The zero-order valence-corrected chi connectivity index (χ0v) is 15.6. The molecule has 0 fully saturated rings. The average molecular weight is 356 g/mol. The average Bonchev–Trinajstić information content (AvgIpc) is 2.93. The zero-order chi connectivity index (χ0) is 18.0. The number of carbonyl (C=O) groups excluding carboxylic acids is 2. The van der Waals surface area contributed by atoms with Crippen LogP contribution in [0.1, 0.15) is 43.7 Å². The van der Waals surface area contributed by atoms with Crippen LogP contribution in [0.25, 0.3) is 0 Å². The number of nitrogens with two attached hydrogens (primary N) is 1. The molecule has 1 amide bonds. The summed E-state index contributed by atoms with van der Waals surface area (Å²) in [6.07, 6.45) is 1.52. The Morgan fingerprint density at radius 3 is 2.56 bits per heavy atom. The molecule has 3 rings (SSSR count). The fourth-order valence-corrected chi connectivity index (χ4v) is 4.80. The van der Waals surface area contributed by atoms with Crippen LogP contribution >= 0.6 is 11.3 Å². The minimum absolute atomic E-state index is 0.122. The van der Waals surface area contributed by atoms with Crippen molar-refractivity contribution < 1.29 is 9.59 Å². The molecular formula is C20H24N2O2S. The number of rotatable bonds is 6. The van der Waals surface area contributed by atoms with E-state index < -0.39 is 5.91 Å². The number of benzene rings is 1. The minimum Gasteiger partial charge on any atom is -0.366 e. The van der Waals surface area contributed by atoms with Crippen molar-refractivity contribution in [2.24, 2.45) is 5.73 Å². The first-order valence-electron chi connectivity index (χ1n) is 8.70. The van der Waals surface area contributed by atoms with Crippen LogP contribution in [0.5, 0.6) is 0 Å². The Hall–Kier alpha value is -1.98. The van der Waals surface area contributed by atoms with Crippen LogP contribution in [0.4, 0.5) is 0 Å². The molecule has 1 aliphatic heterocycles. The van der Waals surface area contributed by atoms with Gasteiger partial charge in [-0.2, -0.15) is 0 Å². The number of nitrogens with zero attached hydrogens (tertiary/aromatic N) is 1. The molecule has 0 radical (unpaired) electrons. The number of amides is 1. The Morgan fingerprint density at radius 1 is 1.20 bits per heavy atom. The monoisotopic (exact) mass is 356 g/mol. The molecule has 2 aromatic rings. The van der Waals surface area contributed by atoms with E-state index >= 15 is 0 Å². The molecule has 2 N–H and O–H groups in total. The number of Topliss-reactive ketones (excluding diaryl/α,β-unsaturated/α-hetero) is 1. The summed E-state index contributed by atoms with van der Waals surface area (Å²) in [6, 6.07) is 8.00. The molecule has 0 unspecified atom stereocenters. The van der Waals surface area contributed by atoms with Crippen LogP contribution in [0.15, 0.2) is 24.3 Å². The second-order valence-electron chi connectivity index (χ2n) is 6.66. The second kappa shape index (κ2) is 7.50. The Balaban J connectivity index is 1.79. The maximum absolute atomic E-state index is 12.5. The fourth-order valence-electron chi connectivity index (χ4n) is 3.37. The van der Waals surface area contributed by atoms with E-state index in [1.807, 2.05) is 31.2 Å². The highest BCUT2D eigenvalue weighted by molar-refractivity contribution is 7.12. The highest BCUT2D eigenvalue weighted by Gasteiger charge is 2.27. The lowest BCUT2D eigenvalue weighted by molar-refractivity contribution is -0.117. The van der Waals surface area contributed by atoms with E-state index in [1.165, 1.54) is 10.4 Å². The molecule has 0 saturated carbocycles. The van der Waals surface area contributed by atoms with Crippen molar-refractivity contribution in [2.75, 3.05) is 13.1 Å². The third kappa shape index (κ3) is 3.99. The van der Waals surface area contributed by atoms with E-state index in [4.69, 9.17) is 5.73 Å². The molecule has 0 saturated heterocycles. The summed E-state index contributed by atoms with van der Waals surface area (Å²) >= 11 is 1.59. The Bertz CT molecular complexity index is 793. The zero-order valence-electron chi connectivity index (χ0n) is 14.8. The van der Waals surface area contributed by atoms with Gasteiger partial charge in [-0.05, 0) is 31.0 Å². The number of primary amides is 1. The van der Waals surface area contributed by atoms with Crippen molar-refractivity contribution in [1.29, 1.82) is 0 Å². The molecular weight excluding hydrogens is 332 g/mol. The van der Waals surface area contributed by atoms with Crippen LogP contribution < -0.4 is 5.73 Å². The van der Waals surface area contributed by atoms with E-state index in [1.54, 1.807) is 11.3 Å². The summed E-state index contributed by atoms with van der Waals surface area (Å²) in [5, 5.41) is 0. The molecule has 0 bridgehead atoms. The lowest BCUT2D eigenvalue weighted by Gasteiger charge is -2.25. The Kier molecular flexibility index (Phi) is 5.35. The van der Waals surface area contributed by atoms with Gasteiger partial charge in [0.05, 0.1) is 5.56 Å². The normalized spacial score (nSPS) is 14.3. The molecule has 5 heteroatoms. The van der Waals surface area contributed by atoms with Gasteiger partial charge in [0, 0.05) is 35.7 Å². The maximum atomic E-state index is 12.5. The first kappa shape index (κ1) is 17.8. The number of ketones is 1. The summed E-state index contributed by atoms with van der Waals surface area (Å²) in [6.45, 7) is 6.95. The van der Waals surface area contributed by atoms with E-state index in [2.05, 4.69) is 11.8 Å². The minimum atomic E-state index is -0.402. The van der Waals surface area contributed by atoms with Gasteiger partial charge in [0.15, 0.2) is 0 Å². The molecule has 0 spiro atoms. The van der Waals surface area contributed by atoms with E-state index in [0.29, 0.717) is 12.0 Å². The predicted molar refractivity (Wildman–Crippen MR) is 101 cm³/mol. The molecule has 1 aromatic heterocycles. The summed E-state index contributed by atoms with van der Waals surface area (Å²) in [5.74, 6) is -0.280. The second-order valence-corrected chi connectivity index (χ2v) is 7.85. The van der Waals surface area contributed by atoms with Crippen molar-refractivity contribution in [3.8, 4) is 0 Å². The lowest BCUT2D eigenvalue weighted by atomic mass is 9.98. The van der Waals surface area contributed by atoms with Gasteiger partial charge in [-0.3, -0.25) is 14.5 Å². The Labute approximate surface area is 152 Å². The molecule has 25 heavy (non-hydrogen) atoms. The summed E-state index contributed by atoms with van der Waals surface area (Å²) in [5.41, 5.74) is 9.50. The molecule has 0 aliphatic carbocycles. The van der Waals surface area contributed by atoms with Gasteiger partial charge in [-0.25, -0.2) is 0 Å². The van der Waals surface area contributed by atoms with Crippen LogP contribution in [-0.2, 0) is 30.6 Å². The molecule has 4 nitrogen and oxygen atoms in total. The molecule has 0 atom stereocenters. The van der Waals surface area contributed by atoms with Gasteiger partial charge in [0.2, 0.25) is 5.91 Å². The van der Waals surface area contributed by atoms with Gasteiger partial charge >= 0.3 is 0 Å². The fraction of sp³-hybridized carbons (Fsp3) is 0.400. The number of carbonyl (C=O) groups is 2. The quantitative estimate of drug-likeness (QED) is 0.866. The number of hydrogen-bond donors (Lipinski definition) is 1.